The third-order valence-corrected chi connectivity index (χ3v) is 8.47. The average molecular weight is 509 g/mol. The molecule has 0 spiro atoms. The standard InChI is InChI=1S/C38H24N2/c1-2-13-26(14-3-1)39-34-21-11-9-19-32(34)37-35(39)23-22-31-30-18-8-10-20-33(30)40(38(31)37)36-24-25-12-4-5-15-27(25)28-16-6-7-17-29(28)36/h1-24H. The van der Waals surface area contributed by atoms with Crippen LogP contribution in [0.4, 0.5) is 0 Å². The second-order valence-corrected chi connectivity index (χ2v) is 10.6. The first kappa shape index (κ1) is 21.6. The van der Waals surface area contributed by atoms with Crippen LogP contribution in [-0.2, 0) is 0 Å². The van der Waals surface area contributed by atoms with Crippen molar-refractivity contribution >= 4 is 65.2 Å². The Bertz CT molecular complexity index is 2420. The lowest BCUT2D eigenvalue weighted by Gasteiger charge is -2.15. The lowest BCUT2D eigenvalue weighted by atomic mass is 10.00. The summed E-state index contributed by atoms with van der Waals surface area (Å²) >= 11 is 0. The Balaban J connectivity index is 1.56. The van der Waals surface area contributed by atoms with Crippen LogP contribution in [0.1, 0.15) is 0 Å². The van der Waals surface area contributed by atoms with E-state index >= 15 is 0 Å². The molecule has 40 heavy (non-hydrogen) atoms. The molecule has 0 saturated carbocycles. The summed E-state index contributed by atoms with van der Waals surface area (Å²) in [6, 6.07) is 52.9. The molecule has 0 atom stereocenters. The van der Waals surface area contributed by atoms with Crippen molar-refractivity contribution in [3.8, 4) is 11.4 Å². The predicted octanol–water partition coefficient (Wildman–Crippen LogP) is 10.2. The molecule has 0 aliphatic carbocycles. The van der Waals surface area contributed by atoms with Crippen LogP contribution in [0.3, 0.4) is 0 Å². The monoisotopic (exact) mass is 508 g/mol. The molecular formula is C38H24N2. The Morgan fingerprint density at radius 1 is 0.350 bits per heavy atom. The molecule has 0 fully saturated rings. The number of benzene rings is 7. The minimum atomic E-state index is 1.17. The normalized spacial score (nSPS) is 12.0. The topological polar surface area (TPSA) is 9.86 Å². The van der Waals surface area contributed by atoms with Crippen LogP contribution in [0.2, 0.25) is 0 Å². The largest absolute Gasteiger partial charge is 0.309 e. The highest BCUT2D eigenvalue weighted by molar-refractivity contribution is 6.27. The van der Waals surface area contributed by atoms with Gasteiger partial charge in [-0.05, 0) is 52.6 Å². The van der Waals surface area contributed by atoms with E-state index in [9.17, 15) is 0 Å². The van der Waals surface area contributed by atoms with Crippen molar-refractivity contribution in [3.05, 3.63) is 146 Å². The molecular weight excluding hydrogens is 484 g/mol. The van der Waals surface area contributed by atoms with E-state index in [2.05, 4.69) is 155 Å². The van der Waals surface area contributed by atoms with Crippen LogP contribution >= 0.6 is 0 Å². The minimum Gasteiger partial charge on any atom is -0.309 e. The maximum atomic E-state index is 2.52. The Kier molecular flexibility index (Phi) is 4.36. The van der Waals surface area contributed by atoms with Gasteiger partial charge < -0.3 is 9.13 Å². The number of hydrogen-bond donors (Lipinski definition) is 0. The molecule has 0 saturated heterocycles. The van der Waals surface area contributed by atoms with Crippen LogP contribution in [0.25, 0.3) is 76.5 Å². The SMILES string of the molecule is c1ccc(-n2c3ccccc3c3c2ccc2c4ccccc4n(-c4cc5ccccc5c5ccccc45)c23)cc1. The third-order valence-electron chi connectivity index (χ3n) is 8.47. The number of para-hydroxylation sites is 3. The average Bonchev–Trinajstić information content (AvgIpc) is 3.54. The zero-order valence-electron chi connectivity index (χ0n) is 21.8. The first-order valence-electron chi connectivity index (χ1n) is 13.8. The van der Waals surface area contributed by atoms with Gasteiger partial charge in [0.1, 0.15) is 0 Å². The summed E-state index contributed by atoms with van der Waals surface area (Å²) in [5, 5.41) is 10.2. The Labute approximate surface area is 230 Å². The van der Waals surface area contributed by atoms with Crippen molar-refractivity contribution < 1.29 is 0 Å². The molecule has 0 radical (unpaired) electrons. The number of rotatable bonds is 2. The van der Waals surface area contributed by atoms with Gasteiger partial charge in [0.15, 0.2) is 0 Å². The Morgan fingerprint density at radius 3 is 1.75 bits per heavy atom. The molecule has 2 heterocycles. The van der Waals surface area contributed by atoms with Gasteiger partial charge in [0.05, 0.1) is 27.8 Å². The van der Waals surface area contributed by atoms with Gasteiger partial charge in [-0.3, -0.25) is 0 Å². The van der Waals surface area contributed by atoms with Crippen LogP contribution in [-0.4, -0.2) is 9.13 Å². The highest BCUT2D eigenvalue weighted by atomic mass is 15.0. The maximum absolute atomic E-state index is 2.52. The summed E-state index contributed by atoms with van der Waals surface area (Å²) in [4.78, 5) is 0. The van der Waals surface area contributed by atoms with Gasteiger partial charge in [-0.2, -0.15) is 0 Å². The highest BCUT2D eigenvalue weighted by Crippen LogP contribution is 2.43. The summed E-state index contributed by atoms with van der Waals surface area (Å²) < 4.78 is 4.92. The molecule has 0 bridgehead atoms. The van der Waals surface area contributed by atoms with E-state index in [1.54, 1.807) is 0 Å². The number of hydrogen-bond acceptors (Lipinski definition) is 0. The van der Waals surface area contributed by atoms with Gasteiger partial charge in [0.25, 0.3) is 0 Å². The highest BCUT2D eigenvalue weighted by Gasteiger charge is 2.21. The van der Waals surface area contributed by atoms with Crippen LogP contribution in [0.15, 0.2) is 146 Å². The van der Waals surface area contributed by atoms with E-state index < -0.39 is 0 Å². The number of fused-ring (bicyclic) bond motifs is 10. The molecule has 7 aromatic carbocycles. The van der Waals surface area contributed by atoms with E-state index in [0.717, 1.165) is 0 Å². The fourth-order valence-corrected chi connectivity index (χ4v) is 6.83. The predicted molar refractivity (Wildman–Crippen MR) is 170 cm³/mol. The molecule has 0 N–H and O–H groups in total. The van der Waals surface area contributed by atoms with Crippen LogP contribution < -0.4 is 0 Å². The molecule has 9 rings (SSSR count). The zero-order valence-corrected chi connectivity index (χ0v) is 21.8. The quantitative estimate of drug-likeness (QED) is 0.206. The lowest BCUT2D eigenvalue weighted by Crippen LogP contribution is -1.97. The summed E-state index contributed by atoms with van der Waals surface area (Å²) in [7, 11) is 0. The molecule has 186 valence electrons. The maximum Gasteiger partial charge on any atom is 0.0641 e. The minimum absolute atomic E-state index is 1.17. The van der Waals surface area contributed by atoms with Crippen molar-refractivity contribution in [2.45, 2.75) is 0 Å². The van der Waals surface area contributed by atoms with E-state index in [4.69, 9.17) is 0 Å². The fraction of sp³-hybridized carbons (Fsp3) is 0. The first-order valence-corrected chi connectivity index (χ1v) is 13.8. The summed E-state index contributed by atoms with van der Waals surface area (Å²) in [5.41, 5.74) is 7.30. The van der Waals surface area contributed by atoms with Gasteiger partial charge in [-0.1, -0.05) is 109 Å². The Morgan fingerprint density at radius 2 is 0.950 bits per heavy atom. The lowest BCUT2D eigenvalue weighted by molar-refractivity contribution is 1.18. The Hall–Kier alpha value is -5.34. The van der Waals surface area contributed by atoms with E-state index in [-0.39, 0.29) is 0 Å². The van der Waals surface area contributed by atoms with Crippen molar-refractivity contribution in [3.63, 3.8) is 0 Å². The molecule has 0 unspecified atom stereocenters. The summed E-state index contributed by atoms with van der Waals surface area (Å²) in [5.74, 6) is 0. The summed E-state index contributed by atoms with van der Waals surface area (Å²) in [6.07, 6.45) is 0. The van der Waals surface area contributed by atoms with E-state index in [1.807, 2.05) is 0 Å². The second kappa shape index (κ2) is 8.08. The van der Waals surface area contributed by atoms with Gasteiger partial charge >= 0.3 is 0 Å². The van der Waals surface area contributed by atoms with Gasteiger partial charge in [0, 0.05) is 32.6 Å². The number of aromatic nitrogens is 2. The first-order chi connectivity index (χ1) is 19.9. The third kappa shape index (κ3) is 2.82. The van der Waals surface area contributed by atoms with Gasteiger partial charge in [-0.25, -0.2) is 0 Å². The molecule has 0 amide bonds. The smallest absolute Gasteiger partial charge is 0.0641 e. The second-order valence-electron chi connectivity index (χ2n) is 10.6. The molecule has 2 aromatic heterocycles. The van der Waals surface area contributed by atoms with Crippen molar-refractivity contribution in [2.24, 2.45) is 0 Å². The van der Waals surface area contributed by atoms with Crippen molar-refractivity contribution in [1.29, 1.82) is 0 Å². The number of nitrogens with zero attached hydrogens (tertiary/aromatic N) is 2. The van der Waals surface area contributed by atoms with Gasteiger partial charge in [-0.15, -0.1) is 0 Å². The molecule has 0 aliphatic heterocycles. The van der Waals surface area contributed by atoms with E-state index in [1.165, 1.54) is 76.5 Å². The molecule has 9 aromatic rings. The molecule has 0 aliphatic rings. The fourth-order valence-electron chi connectivity index (χ4n) is 6.83. The van der Waals surface area contributed by atoms with Crippen molar-refractivity contribution in [2.75, 3.05) is 0 Å². The molecule has 2 nitrogen and oxygen atoms in total. The zero-order chi connectivity index (χ0) is 26.2. The van der Waals surface area contributed by atoms with E-state index in [0.29, 0.717) is 0 Å². The van der Waals surface area contributed by atoms with Crippen LogP contribution in [0.5, 0.6) is 0 Å². The van der Waals surface area contributed by atoms with Crippen LogP contribution in [0, 0.1) is 0 Å². The molecule has 2 heteroatoms. The van der Waals surface area contributed by atoms with Crippen molar-refractivity contribution in [1.82, 2.24) is 9.13 Å². The van der Waals surface area contributed by atoms with Gasteiger partial charge in [0.2, 0.25) is 0 Å². The summed E-state index contributed by atoms with van der Waals surface area (Å²) in [6.45, 7) is 0.